The van der Waals surface area contributed by atoms with Gasteiger partial charge in [0.15, 0.2) is 0 Å². The van der Waals surface area contributed by atoms with E-state index in [1.165, 1.54) is 10.9 Å². The summed E-state index contributed by atoms with van der Waals surface area (Å²) in [4.78, 5) is 7.58. The van der Waals surface area contributed by atoms with Gasteiger partial charge in [0.05, 0.1) is 5.52 Å². The van der Waals surface area contributed by atoms with Crippen LogP contribution in [0.25, 0.3) is 10.9 Å². The average Bonchev–Trinajstić information content (AvgIpc) is 2.52. The van der Waals surface area contributed by atoms with Crippen molar-refractivity contribution in [2.24, 2.45) is 0 Å². The van der Waals surface area contributed by atoms with Crippen LogP contribution >= 0.6 is 22.6 Å². The molecule has 1 aromatic carbocycles. The van der Waals surface area contributed by atoms with Gasteiger partial charge in [0, 0.05) is 17.5 Å². The summed E-state index contributed by atoms with van der Waals surface area (Å²) < 4.78 is 3.03. The van der Waals surface area contributed by atoms with E-state index in [0.29, 0.717) is 0 Å². The van der Waals surface area contributed by atoms with Crippen LogP contribution in [-0.2, 0) is 6.54 Å². The van der Waals surface area contributed by atoms with Crippen LogP contribution in [0.5, 0.6) is 0 Å². The SMILES string of the molecule is COn1c(I)c(CN(C)C)c2ccccc21. The van der Waals surface area contributed by atoms with Crippen molar-refractivity contribution in [3.8, 4) is 0 Å². The van der Waals surface area contributed by atoms with Crippen LogP contribution in [0.2, 0.25) is 0 Å². The van der Waals surface area contributed by atoms with E-state index in [4.69, 9.17) is 4.84 Å². The molecule has 0 saturated carbocycles. The highest BCUT2D eigenvalue weighted by molar-refractivity contribution is 14.1. The number of hydrogen-bond donors (Lipinski definition) is 0. The van der Waals surface area contributed by atoms with E-state index in [2.05, 4.69) is 59.8 Å². The van der Waals surface area contributed by atoms with Gasteiger partial charge in [0.25, 0.3) is 0 Å². The molecule has 1 heterocycles. The highest BCUT2D eigenvalue weighted by Crippen LogP contribution is 2.27. The molecule has 0 fully saturated rings. The summed E-state index contributed by atoms with van der Waals surface area (Å²) in [5, 5.41) is 1.27. The lowest BCUT2D eigenvalue weighted by Gasteiger charge is -2.09. The van der Waals surface area contributed by atoms with Crippen LogP contribution in [-0.4, -0.2) is 30.8 Å². The molecule has 0 N–H and O–H groups in total. The molecule has 2 aromatic rings. The minimum absolute atomic E-state index is 0.926. The first-order chi connectivity index (χ1) is 7.65. The van der Waals surface area contributed by atoms with E-state index in [0.717, 1.165) is 15.8 Å². The van der Waals surface area contributed by atoms with Gasteiger partial charge < -0.3 is 9.74 Å². The Kier molecular flexibility index (Phi) is 3.39. The fourth-order valence-electron chi connectivity index (χ4n) is 1.89. The molecule has 4 heteroatoms. The Hall–Kier alpha value is -0.750. The van der Waals surface area contributed by atoms with Gasteiger partial charge in [0.2, 0.25) is 0 Å². The molecule has 86 valence electrons. The second-order valence-corrected chi connectivity index (χ2v) is 5.02. The van der Waals surface area contributed by atoms with E-state index in [1.54, 1.807) is 7.11 Å². The molecule has 3 nitrogen and oxygen atoms in total. The highest BCUT2D eigenvalue weighted by atomic mass is 127. The first-order valence-corrected chi connectivity index (χ1v) is 6.20. The largest absolute Gasteiger partial charge is 0.416 e. The quantitative estimate of drug-likeness (QED) is 0.804. The van der Waals surface area contributed by atoms with Crippen LogP contribution < -0.4 is 4.84 Å². The summed E-state index contributed by atoms with van der Waals surface area (Å²) in [5.74, 6) is 0. The van der Waals surface area contributed by atoms with Gasteiger partial charge in [-0.05, 0) is 42.8 Å². The van der Waals surface area contributed by atoms with Crippen LogP contribution in [0.4, 0.5) is 0 Å². The Morgan fingerprint density at radius 3 is 2.62 bits per heavy atom. The van der Waals surface area contributed by atoms with Gasteiger partial charge in [-0.25, -0.2) is 0 Å². The standard InChI is InChI=1S/C12H15IN2O/c1-14(2)8-10-9-6-4-5-7-11(9)15(16-3)12(10)13/h4-7H,8H2,1-3H3. The molecule has 2 rings (SSSR count). The summed E-state index contributed by atoms with van der Waals surface area (Å²) in [6.45, 7) is 0.926. The summed E-state index contributed by atoms with van der Waals surface area (Å²) in [6, 6.07) is 8.33. The molecule has 0 amide bonds. The normalized spacial score (nSPS) is 11.3. The summed E-state index contributed by atoms with van der Waals surface area (Å²) in [6.07, 6.45) is 0. The van der Waals surface area contributed by atoms with Crippen molar-refractivity contribution in [3.05, 3.63) is 33.5 Å². The molecule has 0 aliphatic heterocycles. The number of aromatic nitrogens is 1. The Morgan fingerprint density at radius 2 is 2.00 bits per heavy atom. The fraction of sp³-hybridized carbons (Fsp3) is 0.333. The fourth-order valence-corrected chi connectivity index (χ4v) is 2.81. The van der Waals surface area contributed by atoms with Gasteiger partial charge >= 0.3 is 0 Å². The third-order valence-electron chi connectivity index (χ3n) is 2.53. The predicted molar refractivity (Wildman–Crippen MR) is 74.6 cm³/mol. The van der Waals surface area contributed by atoms with Gasteiger partial charge in [-0.1, -0.05) is 18.2 Å². The zero-order chi connectivity index (χ0) is 11.7. The van der Waals surface area contributed by atoms with Crippen molar-refractivity contribution >= 4 is 33.5 Å². The Morgan fingerprint density at radius 1 is 1.31 bits per heavy atom. The van der Waals surface area contributed by atoms with Gasteiger partial charge in [0.1, 0.15) is 10.8 Å². The zero-order valence-electron chi connectivity index (χ0n) is 9.70. The summed E-state index contributed by atoms with van der Waals surface area (Å²) in [7, 11) is 5.86. The molecular weight excluding hydrogens is 315 g/mol. The van der Waals surface area contributed by atoms with Crippen LogP contribution in [0, 0.1) is 3.70 Å². The first kappa shape index (κ1) is 11.7. The Labute approximate surface area is 109 Å². The lowest BCUT2D eigenvalue weighted by atomic mass is 10.2. The highest BCUT2D eigenvalue weighted by Gasteiger charge is 2.15. The maximum Gasteiger partial charge on any atom is 0.123 e. The third kappa shape index (κ3) is 1.91. The van der Waals surface area contributed by atoms with E-state index >= 15 is 0 Å². The van der Waals surface area contributed by atoms with Crippen molar-refractivity contribution in [3.63, 3.8) is 0 Å². The van der Waals surface area contributed by atoms with Crippen LogP contribution in [0.1, 0.15) is 5.56 Å². The molecule has 16 heavy (non-hydrogen) atoms. The van der Waals surface area contributed by atoms with Gasteiger partial charge in [-0.3, -0.25) is 0 Å². The van der Waals surface area contributed by atoms with E-state index < -0.39 is 0 Å². The summed E-state index contributed by atoms with van der Waals surface area (Å²) >= 11 is 2.34. The number of hydrogen-bond acceptors (Lipinski definition) is 2. The number of para-hydroxylation sites is 1. The van der Waals surface area contributed by atoms with Crippen LogP contribution in [0.15, 0.2) is 24.3 Å². The van der Waals surface area contributed by atoms with E-state index in [9.17, 15) is 0 Å². The number of nitrogens with zero attached hydrogens (tertiary/aromatic N) is 2. The first-order valence-electron chi connectivity index (χ1n) is 5.12. The topological polar surface area (TPSA) is 17.4 Å². The van der Waals surface area contributed by atoms with Crippen molar-refractivity contribution in [2.75, 3.05) is 21.2 Å². The van der Waals surface area contributed by atoms with Crippen molar-refractivity contribution in [1.29, 1.82) is 0 Å². The average molecular weight is 330 g/mol. The van der Waals surface area contributed by atoms with E-state index in [-0.39, 0.29) is 0 Å². The maximum absolute atomic E-state index is 5.41. The lowest BCUT2D eigenvalue weighted by Crippen LogP contribution is -2.13. The molecule has 0 radical (unpaired) electrons. The minimum atomic E-state index is 0.926. The molecule has 0 aliphatic rings. The monoisotopic (exact) mass is 330 g/mol. The lowest BCUT2D eigenvalue weighted by molar-refractivity contribution is 0.172. The van der Waals surface area contributed by atoms with Crippen LogP contribution in [0.3, 0.4) is 0 Å². The Bertz CT molecular complexity index is 505. The smallest absolute Gasteiger partial charge is 0.123 e. The van der Waals surface area contributed by atoms with Gasteiger partial charge in [-0.2, -0.15) is 4.73 Å². The molecule has 0 bridgehead atoms. The third-order valence-corrected chi connectivity index (χ3v) is 3.62. The van der Waals surface area contributed by atoms with E-state index in [1.807, 2.05) is 10.8 Å². The second kappa shape index (κ2) is 4.63. The molecule has 0 saturated heterocycles. The molecule has 1 aromatic heterocycles. The van der Waals surface area contributed by atoms with Gasteiger partial charge in [-0.15, -0.1) is 0 Å². The predicted octanol–water partition coefficient (Wildman–Crippen LogP) is 2.37. The number of halogens is 1. The molecule has 0 unspecified atom stereocenters. The minimum Gasteiger partial charge on any atom is -0.416 e. The van der Waals surface area contributed by atoms with Crippen molar-refractivity contribution in [2.45, 2.75) is 6.54 Å². The summed E-state index contributed by atoms with van der Waals surface area (Å²) in [5.41, 5.74) is 2.45. The molecule has 0 atom stereocenters. The molecular formula is C12H15IN2O. The van der Waals surface area contributed by atoms with Crippen molar-refractivity contribution in [1.82, 2.24) is 9.63 Å². The number of benzene rings is 1. The maximum atomic E-state index is 5.41. The zero-order valence-corrected chi connectivity index (χ0v) is 11.9. The number of fused-ring (bicyclic) bond motifs is 1. The number of rotatable bonds is 3. The second-order valence-electron chi connectivity index (χ2n) is 4.00. The Balaban J connectivity index is 2.67. The van der Waals surface area contributed by atoms with Crippen molar-refractivity contribution < 1.29 is 4.84 Å². The molecule has 0 aliphatic carbocycles. The molecule has 0 spiro atoms.